The molecule has 1 N–H and O–H groups in total. The van der Waals surface area contributed by atoms with Crippen molar-refractivity contribution in [3.05, 3.63) is 64.7 Å². The van der Waals surface area contributed by atoms with Crippen molar-refractivity contribution < 1.29 is 4.39 Å². The summed E-state index contributed by atoms with van der Waals surface area (Å²) in [6, 6.07) is 10.3. The number of hydrogen-bond acceptors (Lipinski definition) is 2. The molecule has 0 amide bonds. The lowest BCUT2D eigenvalue weighted by Crippen LogP contribution is -2.18. The Hall–Kier alpha value is -1.45. The van der Waals surface area contributed by atoms with Gasteiger partial charge in [-0.25, -0.2) is 4.39 Å². The molecule has 4 heteroatoms. The molecule has 2 aromatic rings. The van der Waals surface area contributed by atoms with E-state index in [2.05, 4.69) is 10.3 Å². The Bertz CT molecular complexity index is 531. The van der Waals surface area contributed by atoms with Gasteiger partial charge >= 0.3 is 0 Å². The van der Waals surface area contributed by atoms with Crippen LogP contribution in [-0.4, -0.2) is 12.0 Å². The number of pyridine rings is 1. The monoisotopic (exact) mass is 278 g/mol. The summed E-state index contributed by atoms with van der Waals surface area (Å²) >= 11 is 6.13. The molecule has 1 atom stereocenters. The smallest absolute Gasteiger partial charge is 0.123 e. The number of hydrogen-bond donors (Lipinski definition) is 1. The van der Waals surface area contributed by atoms with Crippen molar-refractivity contribution in [3.8, 4) is 0 Å². The summed E-state index contributed by atoms with van der Waals surface area (Å²) in [6.45, 7) is 0. The van der Waals surface area contributed by atoms with Crippen LogP contribution in [0.5, 0.6) is 0 Å². The fourth-order valence-corrected chi connectivity index (χ4v) is 2.32. The highest BCUT2D eigenvalue weighted by molar-refractivity contribution is 6.31. The third-order valence-corrected chi connectivity index (χ3v) is 3.44. The van der Waals surface area contributed by atoms with E-state index in [9.17, 15) is 4.39 Å². The molecule has 1 heterocycles. The fraction of sp³-hybridized carbons (Fsp3) is 0.267. The molecule has 2 rings (SSSR count). The average molecular weight is 279 g/mol. The number of rotatable bonds is 5. The van der Waals surface area contributed by atoms with Crippen LogP contribution in [-0.2, 0) is 6.42 Å². The van der Waals surface area contributed by atoms with Crippen molar-refractivity contribution in [3.63, 3.8) is 0 Å². The lowest BCUT2D eigenvalue weighted by Gasteiger charge is -2.18. The Morgan fingerprint density at radius 1 is 1.32 bits per heavy atom. The van der Waals surface area contributed by atoms with E-state index in [1.165, 1.54) is 12.1 Å². The van der Waals surface area contributed by atoms with Crippen LogP contribution in [0.25, 0.3) is 0 Å². The van der Waals surface area contributed by atoms with Crippen LogP contribution in [0.3, 0.4) is 0 Å². The molecule has 0 aliphatic heterocycles. The average Bonchev–Trinajstić information content (AvgIpc) is 2.44. The van der Waals surface area contributed by atoms with Crippen LogP contribution in [0.2, 0.25) is 5.02 Å². The first-order chi connectivity index (χ1) is 9.20. The van der Waals surface area contributed by atoms with Crippen molar-refractivity contribution in [2.45, 2.75) is 18.9 Å². The third-order valence-electron chi connectivity index (χ3n) is 3.10. The maximum atomic E-state index is 13.3. The van der Waals surface area contributed by atoms with Crippen molar-refractivity contribution in [1.29, 1.82) is 0 Å². The van der Waals surface area contributed by atoms with Gasteiger partial charge in [0.25, 0.3) is 0 Å². The van der Waals surface area contributed by atoms with E-state index in [1.54, 1.807) is 12.3 Å². The molecule has 0 radical (unpaired) electrons. The third kappa shape index (κ3) is 3.75. The summed E-state index contributed by atoms with van der Waals surface area (Å²) in [5, 5.41) is 3.76. The van der Waals surface area contributed by atoms with Gasteiger partial charge in [-0.1, -0.05) is 17.7 Å². The van der Waals surface area contributed by atoms with Crippen LogP contribution >= 0.6 is 11.6 Å². The van der Waals surface area contributed by atoms with Crippen molar-refractivity contribution >= 4 is 11.6 Å². The van der Waals surface area contributed by atoms with E-state index in [0.29, 0.717) is 5.02 Å². The highest BCUT2D eigenvalue weighted by Gasteiger charge is 2.14. The van der Waals surface area contributed by atoms with Crippen molar-refractivity contribution in [1.82, 2.24) is 10.3 Å². The molecule has 0 aliphatic rings. The number of nitrogens with one attached hydrogen (secondary N) is 1. The van der Waals surface area contributed by atoms with Gasteiger partial charge in [0.2, 0.25) is 0 Å². The zero-order valence-corrected chi connectivity index (χ0v) is 11.5. The minimum atomic E-state index is -0.266. The van der Waals surface area contributed by atoms with Gasteiger partial charge in [0.05, 0.1) is 0 Å². The summed E-state index contributed by atoms with van der Waals surface area (Å²) in [5.74, 6) is -0.266. The van der Waals surface area contributed by atoms with E-state index in [1.807, 2.05) is 25.2 Å². The summed E-state index contributed by atoms with van der Waals surface area (Å²) in [6.07, 6.45) is 3.41. The maximum Gasteiger partial charge on any atom is 0.123 e. The zero-order valence-electron chi connectivity index (χ0n) is 10.7. The van der Waals surface area contributed by atoms with Gasteiger partial charge in [0, 0.05) is 23.0 Å². The fourth-order valence-electron chi connectivity index (χ4n) is 2.08. The van der Waals surface area contributed by atoms with Gasteiger partial charge in [-0.3, -0.25) is 4.98 Å². The summed E-state index contributed by atoms with van der Waals surface area (Å²) < 4.78 is 13.3. The van der Waals surface area contributed by atoms with Gasteiger partial charge in [0.15, 0.2) is 0 Å². The Morgan fingerprint density at radius 2 is 2.16 bits per heavy atom. The first kappa shape index (κ1) is 14.0. The molecule has 100 valence electrons. The topological polar surface area (TPSA) is 24.9 Å². The van der Waals surface area contributed by atoms with E-state index < -0.39 is 0 Å². The second-order valence-electron chi connectivity index (χ2n) is 4.37. The van der Waals surface area contributed by atoms with Gasteiger partial charge in [-0.05, 0) is 55.8 Å². The van der Waals surface area contributed by atoms with Gasteiger partial charge < -0.3 is 5.32 Å². The van der Waals surface area contributed by atoms with E-state index in [-0.39, 0.29) is 11.9 Å². The molecule has 0 aliphatic carbocycles. The Kier molecular flexibility index (Phi) is 4.88. The summed E-state index contributed by atoms with van der Waals surface area (Å²) in [4.78, 5) is 4.28. The van der Waals surface area contributed by atoms with E-state index in [0.717, 1.165) is 24.1 Å². The molecule has 1 aromatic carbocycles. The zero-order chi connectivity index (χ0) is 13.7. The molecule has 0 fully saturated rings. The molecular formula is C15H16ClFN2. The summed E-state index contributed by atoms with van der Waals surface area (Å²) in [5.41, 5.74) is 1.82. The maximum absolute atomic E-state index is 13.3. The Labute approximate surface area is 117 Å². The predicted molar refractivity (Wildman–Crippen MR) is 75.8 cm³/mol. The normalized spacial score (nSPS) is 12.4. The highest BCUT2D eigenvalue weighted by atomic mass is 35.5. The van der Waals surface area contributed by atoms with Crippen molar-refractivity contribution in [2.75, 3.05) is 7.05 Å². The second kappa shape index (κ2) is 6.64. The standard InChI is InChI=1S/C15H16ClFN2/c1-18-15(8-6-12-4-2-3-9-19-12)13-10-11(17)5-7-14(13)16/h2-5,7,9-10,15,18H,6,8H2,1H3. The summed E-state index contributed by atoms with van der Waals surface area (Å²) in [7, 11) is 1.85. The predicted octanol–water partition coefficient (Wildman–Crippen LogP) is 3.77. The van der Waals surface area contributed by atoms with Crippen molar-refractivity contribution in [2.24, 2.45) is 0 Å². The van der Waals surface area contributed by atoms with E-state index in [4.69, 9.17) is 11.6 Å². The van der Waals surface area contributed by atoms with Crippen LogP contribution in [0.15, 0.2) is 42.6 Å². The van der Waals surface area contributed by atoms with Gasteiger partial charge in [-0.2, -0.15) is 0 Å². The molecular weight excluding hydrogens is 263 g/mol. The molecule has 0 spiro atoms. The molecule has 2 nitrogen and oxygen atoms in total. The minimum Gasteiger partial charge on any atom is -0.313 e. The van der Waals surface area contributed by atoms with Crippen LogP contribution in [0, 0.1) is 5.82 Å². The lowest BCUT2D eigenvalue weighted by atomic mass is 10.0. The molecule has 1 aromatic heterocycles. The molecule has 19 heavy (non-hydrogen) atoms. The Morgan fingerprint density at radius 3 is 2.84 bits per heavy atom. The lowest BCUT2D eigenvalue weighted by molar-refractivity contribution is 0.539. The number of halogens is 2. The molecule has 0 saturated carbocycles. The quantitative estimate of drug-likeness (QED) is 0.901. The Balaban J connectivity index is 2.10. The number of nitrogens with zero attached hydrogens (tertiary/aromatic N) is 1. The molecule has 0 saturated heterocycles. The minimum absolute atomic E-state index is 0.0187. The second-order valence-corrected chi connectivity index (χ2v) is 4.77. The molecule has 0 bridgehead atoms. The van der Waals surface area contributed by atoms with Crippen LogP contribution < -0.4 is 5.32 Å². The number of benzene rings is 1. The molecule has 1 unspecified atom stereocenters. The van der Waals surface area contributed by atoms with Crippen LogP contribution in [0.4, 0.5) is 4.39 Å². The first-order valence-electron chi connectivity index (χ1n) is 6.23. The van der Waals surface area contributed by atoms with Gasteiger partial charge in [0.1, 0.15) is 5.82 Å². The van der Waals surface area contributed by atoms with E-state index >= 15 is 0 Å². The number of aryl methyl sites for hydroxylation is 1. The van der Waals surface area contributed by atoms with Crippen LogP contribution in [0.1, 0.15) is 23.7 Å². The first-order valence-corrected chi connectivity index (χ1v) is 6.60. The van der Waals surface area contributed by atoms with Gasteiger partial charge in [-0.15, -0.1) is 0 Å². The highest BCUT2D eigenvalue weighted by Crippen LogP contribution is 2.26. The largest absolute Gasteiger partial charge is 0.313 e. The number of aromatic nitrogens is 1. The SMILES string of the molecule is CNC(CCc1ccccn1)c1cc(F)ccc1Cl.